The van der Waals surface area contributed by atoms with Crippen molar-refractivity contribution in [2.45, 2.75) is 54.8 Å². The minimum atomic E-state index is -0.413. The fraction of sp³-hybridized carbons (Fsp3) is 0.444. The summed E-state index contributed by atoms with van der Waals surface area (Å²) in [5.74, 6) is 1.69. The van der Waals surface area contributed by atoms with E-state index in [0.29, 0.717) is 34.7 Å². The van der Waals surface area contributed by atoms with Crippen LogP contribution in [0.5, 0.6) is 5.75 Å². The molecule has 39 heavy (non-hydrogen) atoms. The number of amides is 1. The van der Waals surface area contributed by atoms with E-state index in [-0.39, 0.29) is 30.7 Å². The van der Waals surface area contributed by atoms with Crippen LogP contribution in [0.25, 0.3) is 0 Å². The Bertz CT molecular complexity index is 1460. The molecule has 1 aliphatic carbocycles. The van der Waals surface area contributed by atoms with Gasteiger partial charge in [0.1, 0.15) is 30.0 Å². The number of carbonyl (C=O) groups is 1. The van der Waals surface area contributed by atoms with Crippen LogP contribution < -0.4 is 20.3 Å². The molecule has 0 aromatic carbocycles. The van der Waals surface area contributed by atoms with Crippen molar-refractivity contribution < 1.29 is 19.4 Å². The maximum absolute atomic E-state index is 12.3. The van der Waals surface area contributed by atoms with Gasteiger partial charge in [0, 0.05) is 37.2 Å². The van der Waals surface area contributed by atoms with E-state index in [2.05, 4.69) is 20.9 Å². The highest BCUT2D eigenvalue weighted by Gasteiger charge is 2.47. The lowest BCUT2D eigenvalue weighted by Crippen LogP contribution is -2.45. The van der Waals surface area contributed by atoms with Crippen molar-refractivity contribution in [3.8, 4) is 5.75 Å². The monoisotopic (exact) mass is 547 g/mol. The number of fused-ring (bicyclic) bond motifs is 4. The quantitative estimate of drug-likeness (QED) is 0.498. The molecule has 0 saturated carbocycles. The van der Waals surface area contributed by atoms with E-state index in [4.69, 9.17) is 25.2 Å². The second-order valence-electron chi connectivity index (χ2n) is 10.6. The van der Waals surface area contributed by atoms with Crippen molar-refractivity contribution in [2.75, 3.05) is 36.1 Å². The van der Waals surface area contributed by atoms with Gasteiger partial charge in [0.05, 0.1) is 17.2 Å². The Hall–Kier alpha value is -3.48. The molecule has 0 bridgehead atoms. The Morgan fingerprint density at radius 3 is 2.74 bits per heavy atom. The van der Waals surface area contributed by atoms with Crippen LogP contribution in [0, 0.1) is 12.3 Å². The van der Waals surface area contributed by atoms with E-state index in [9.17, 15) is 9.90 Å². The SMILES string of the molecule is Cc1nc(N2CCC3(CC2)Cc2ncccc2[C@H]3N)c(CO)nc1Sc1ccnc2c1OCC1COC(=O)N21. The smallest absolute Gasteiger partial charge is 0.416 e. The summed E-state index contributed by atoms with van der Waals surface area (Å²) >= 11 is 1.39. The maximum atomic E-state index is 12.3. The standard InChI is InChI=1S/C27H29N7O4S/c1-15-25(39-20-4-8-30-24-21(20)37-13-16-14-38-26(36)34(16)24)32-19(12-35)23(31-15)33-9-5-27(6-10-33)11-18-17(22(27)28)3-2-7-29-18/h2-4,7-8,16,22,35H,5-6,9-14,28H2,1H3/t16?,22-/m1/s1. The van der Waals surface area contributed by atoms with E-state index in [1.54, 1.807) is 11.1 Å². The first-order valence-electron chi connectivity index (χ1n) is 13.2. The van der Waals surface area contributed by atoms with Crippen LogP contribution in [0.15, 0.2) is 40.5 Å². The number of pyridine rings is 2. The number of aliphatic hydroxyl groups excluding tert-OH is 1. The van der Waals surface area contributed by atoms with Crippen molar-refractivity contribution in [1.82, 2.24) is 19.9 Å². The number of anilines is 2. The normalized spacial score (nSPS) is 22.8. The number of nitrogens with two attached hydrogens (primary N) is 1. The number of aliphatic hydroxyl groups is 1. The lowest BCUT2D eigenvalue weighted by Gasteiger charge is -2.42. The number of rotatable bonds is 4. The van der Waals surface area contributed by atoms with Gasteiger partial charge in [0.15, 0.2) is 17.4 Å². The Kier molecular flexibility index (Phi) is 5.87. The first kappa shape index (κ1) is 24.6. The molecule has 2 atom stereocenters. The first-order valence-corrected chi connectivity index (χ1v) is 14.0. The van der Waals surface area contributed by atoms with Crippen LogP contribution in [-0.4, -0.2) is 63.5 Å². The lowest BCUT2D eigenvalue weighted by atomic mass is 9.73. The van der Waals surface area contributed by atoms with Crippen molar-refractivity contribution >= 4 is 29.5 Å². The molecule has 2 fully saturated rings. The molecule has 6 heterocycles. The molecule has 202 valence electrons. The zero-order valence-corrected chi connectivity index (χ0v) is 22.4. The molecule has 11 nitrogen and oxygen atoms in total. The van der Waals surface area contributed by atoms with Crippen LogP contribution in [0.1, 0.15) is 41.5 Å². The number of hydrogen-bond acceptors (Lipinski definition) is 11. The number of aryl methyl sites for hydroxylation is 1. The highest BCUT2D eigenvalue weighted by Crippen LogP contribution is 2.50. The van der Waals surface area contributed by atoms with Gasteiger partial charge >= 0.3 is 6.09 Å². The van der Waals surface area contributed by atoms with E-state index >= 15 is 0 Å². The van der Waals surface area contributed by atoms with Crippen LogP contribution in [-0.2, 0) is 17.8 Å². The van der Waals surface area contributed by atoms with Crippen molar-refractivity contribution in [3.63, 3.8) is 0 Å². The molecular weight excluding hydrogens is 518 g/mol. The number of hydrogen-bond donors (Lipinski definition) is 2. The molecule has 1 spiro atoms. The Morgan fingerprint density at radius 2 is 1.95 bits per heavy atom. The van der Waals surface area contributed by atoms with Gasteiger partial charge in [-0.1, -0.05) is 17.8 Å². The van der Waals surface area contributed by atoms with Crippen molar-refractivity contribution in [3.05, 3.63) is 53.2 Å². The Balaban J connectivity index is 1.12. The fourth-order valence-corrected chi connectivity index (χ4v) is 7.15. The lowest BCUT2D eigenvalue weighted by molar-refractivity contribution is 0.176. The third kappa shape index (κ3) is 3.92. The summed E-state index contributed by atoms with van der Waals surface area (Å²) in [5, 5.41) is 10.9. The van der Waals surface area contributed by atoms with Gasteiger partial charge in [-0.15, -0.1) is 0 Å². The summed E-state index contributed by atoms with van der Waals surface area (Å²) in [6.07, 6.45) is 5.83. The van der Waals surface area contributed by atoms with Crippen LogP contribution >= 0.6 is 11.8 Å². The average molecular weight is 548 g/mol. The minimum absolute atomic E-state index is 0.00599. The summed E-state index contributed by atoms with van der Waals surface area (Å²) < 4.78 is 11.2. The van der Waals surface area contributed by atoms with Gasteiger partial charge in [-0.3, -0.25) is 4.98 Å². The van der Waals surface area contributed by atoms with Crippen LogP contribution in [0.3, 0.4) is 0 Å². The Morgan fingerprint density at radius 1 is 1.13 bits per heavy atom. The highest BCUT2D eigenvalue weighted by molar-refractivity contribution is 7.99. The fourth-order valence-electron chi connectivity index (χ4n) is 6.22. The van der Waals surface area contributed by atoms with Crippen LogP contribution in [0.2, 0.25) is 0 Å². The summed E-state index contributed by atoms with van der Waals surface area (Å²) in [4.78, 5) is 35.5. The molecule has 3 N–H and O–H groups in total. The number of carbonyl (C=O) groups excluding carboxylic acids is 1. The molecule has 1 unspecified atom stereocenters. The molecule has 12 heteroatoms. The predicted octanol–water partition coefficient (Wildman–Crippen LogP) is 2.78. The molecule has 0 radical (unpaired) electrons. The summed E-state index contributed by atoms with van der Waals surface area (Å²) in [7, 11) is 0. The number of piperidine rings is 1. The molecule has 3 aliphatic heterocycles. The molecule has 3 aromatic rings. The van der Waals surface area contributed by atoms with E-state index in [0.717, 1.165) is 48.6 Å². The highest BCUT2D eigenvalue weighted by atomic mass is 32.2. The summed E-state index contributed by atoms with van der Waals surface area (Å²) in [6.45, 7) is 3.89. The van der Waals surface area contributed by atoms with Crippen molar-refractivity contribution in [2.24, 2.45) is 11.1 Å². The van der Waals surface area contributed by atoms with Gasteiger partial charge in [-0.2, -0.15) is 0 Å². The minimum Gasteiger partial charge on any atom is -0.486 e. The zero-order chi connectivity index (χ0) is 26.7. The Labute approximate surface area is 229 Å². The molecule has 2 saturated heterocycles. The van der Waals surface area contributed by atoms with Crippen LogP contribution in [0.4, 0.5) is 16.4 Å². The van der Waals surface area contributed by atoms with E-state index < -0.39 is 6.09 Å². The third-order valence-corrected chi connectivity index (χ3v) is 9.51. The molecule has 4 aliphatic rings. The summed E-state index contributed by atoms with van der Waals surface area (Å²) in [6, 6.07) is 5.71. The molecule has 1 amide bonds. The van der Waals surface area contributed by atoms with E-state index in [1.807, 2.05) is 25.3 Å². The average Bonchev–Trinajstić information content (AvgIpc) is 3.47. The second kappa shape index (κ2) is 9.32. The first-order chi connectivity index (χ1) is 19.0. The van der Waals surface area contributed by atoms with Crippen molar-refractivity contribution in [1.29, 1.82) is 0 Å². The maximum Gasteiger partial charge on any atom is 0.416 e. The van der Waals surface area contributed by atoms with Gasteiger partial charge in [0.25, 0.3) is 0 Å². The number of aromatic nitrogens is 4. The third-order valence-electron chi connectivity index (χ3n) is 8.39. The van der Waals surface area contributed by atoms with Gasteiger partial charge < -0.3 is 25.2 Å². The number of cyclic esters (lactones) is 1. The van der Waals surface area contributed by atoms with Gasteiger partial charge in [0.2, 0.25) is 0 Å². The predicted molar refractivity (Wildman–Crippen MR) is 143 cm³/mol. The largest absolute Gasteiger partial charge is 0.486 e. The second-order valence-corrected chi connectivity index (χ2v) is 11.6. The molecule has 7 rings (SSSR count). The van der Waals surface area contributed by atoms with Gasteiger partial charge in [-0.05, 0) is 49.3 Å². The zero-order valence-electron chi connectivity index (χ0n) is 21.5. The number of nitrogens with zero attached hydrogens (tertiary/aromatic N) is 6. The van der Waals surface area contributed by atoms with Gasteiger partial charge in [-0.25, -0.2) is 24.6 Å². The van der Waals surface area contributed by atoms with E-state index in [1.165, 1.54) is 17.3 Å². The number of ether oxygens (including phenoxy) is 2. The summed E-state index contributed by atoms with van der Waals surface area (Å²) in [5.41, 5.74) is 10.3. The topological polar surface area (TPSA) is 140 Å². The molecular formula is C27H29N7O4S. The molecule has 3 aromatic heterocycles.